The molecule has 1 aliphatic rings. The zero-order valence-electron chi connectivity index (χ0n) is 12.0. The number of amides is 2. The van der Waals surface area contributed by atoms with Gasteiger partial charge in [-0.05, 0) is 50.0 Å². The number of rotatable bonds is 5. The molecule has 0 aromatic heterocycles. The Morgan fingerprint density at radius 3 is 2.81 bits per heavy atom. The van der Waals surface area contributed by atoms with Gasteiger partial charge in [0.2, 0.25) is 11.8 Å². The summed E-state index contributed by atoms with van der Waals surface area (Å²) in [7, 11) is 0. The summed E-state index contributed by atoms with van der Waals surface area (Å²) >= 11 is 5.91. The van der Waals surface area contributed by atoms with E-state index in [4.69, 9.17) is 11.6 Å². The Bertz CT molecular complexity index is 528. The lowest BCUT2D eigenvalue weighted by Gasteiger charge is -2.13. The molecule has 3 N–H and O–H groups in total. The molecule has 0 aliphatic carbocycles. The van der Waals surface area contributed by atoms with Crippen LogP contribution in [-0.2, 0) is 9.59 Å². The van der Waals surface area contributed by atoms with Crippen molar-refractivity contribution in [3.63, 3.8) is 0 Å². The van der Waals surface area contributed by atoms with Gasteiger partial charge in [0.05, 0.1) is 11.4 Å². The van der Waals surface area contributed by atoms with Crippen LogP contribution in [-0.4, -0.2) is 24.9 Å². The molecule has 1 unspecified atom stereocenters. The SMILES string of the molecule is CC(=O)Nc1cc(Cl)ccc1NC(=O)CCC1CCNC1. The Balaban J connectivity index is 1.94. The van der Waals surface area contributed by atoms with Crippen molar-refractivity contribution in [2.75, 3.05) is 23.7 Å². The highest BCUT2D eigenvalue weighted by molar-refractivity contribution is 6.31. The van der Waals surface area contributed by atoms with Crippen LogP contribution < -0.4 is 16.0 Å². The minimum atomic E-state index is -0.204. The van der Waals surface area contributed by atoms with Crippen molar-refractivity contribution in [3.8, 4) is 0 Å². The molecule has 1 aromatic carbocycles. The maximum Gasteiger partial charge on any atom is 0.224 e. The first-order valence-corrected chi connectivity index (χ1v) is 7.50. The van der Waals surface area contributed by atoms with Gasteiger partial charge in [0.15, 0.2) is 0 Å². The first kappa shape index (κ1) is 15.8. The topological polar surface area (TPSA) is 70.2 Å². The molecule has 21 heavy (non-hydrogen) atoms. The predicted molar refractivity (Wildman–Crippen MR) is 84.6 cm³/mol. The quantitative estimate of drug-likeness (QED) is 0.783. The lowest BCUT2D eigenvalue weighted by Crippen LogP contribution is -2.16. The summed E-state index contributed by atoms with van der Waals surface area (Å²) in [6.07, 6.45) is 2.49. The van der Waals surface area contributed by atoms with Crippen LogP contribution in [0.4, 0.5) is 11.4 Å². The van der Waals surface area contributed by atoms with E-state index in [1.807, 2.05) is 0 Å². The maximum atomic E-state index is 12.0. The summed E-state index contributed by atoms with van der Waals surface area (Å²) in [5, 5.41) is 9.30. The third-order valence-electron chi connectivity index (χ3n) is 3.51. The minimum Gasteiger partial charge on any atom is -0.324 e. The van der Waals surface area contributed by atoms with Crippen molar-refractivity contribution in [2.24, 2.45) is 5.92 Å². The van der Waals surface area contributed by atoms with Gasteiger partial charge in [-0.15, -0.1) is 0 Å². The third kappa shape index (κ3) is 5.02. The molecule has 1 saturated heterocycles. The van der Waals surface area contributed by atoms with Crippen LogP contribution >= 0.6 is 11.6 Å². The molecule has 0 spiro atoms. The molecule has 2 rings (SSSR count). The standard InChI is InChI=1S/C15H20ClN3O2/c1-10(20)18-14-8-12(16)3-4-13(14)19-15(21)5-2-11-6-7-17-9-11/h3-4,8,11,17H,2,5-7,9H2,1H3,(H,18,20)(H,19,21). The van der Waals surface area contributed by atoms with Gasteiger partial charge in [-0.25, -0.2) is 0 Å². The van der Waals surface area contributed by atoms with Gasteiger partial charge in [-0.1, -0.05) is 11.6 Å². The van der Waals surface area contributed by atoms with E-state index in [1.54, 1.807) is 18.2 Å². The van der Waals surface area contributed by atoms with Crippen LogP contribution in [0.15, 0.2) is 18.2 Å². The molecule has 6 heteroatoms. The molecule has 1 aliphatic heterocycles. The van der Waals surface area contributed by atoms with Crippen LogP contribution in [0.2, 0.25) is 5.02 Å². The second kappa shape index (κ2) is 7.43. The van der Waals surface area contributed by atoms with Crippen molar-refractivity contribution in [3.05, 3.63) is 23.2 Å². The van der Waals surface area contributed by atoms with Crippen LogP contribution in [0, 0.1) is 5.92 Å². The third-order valence-corrected chi connectivity index (χ3v) is 3.74. The summed E-state index contributed by atoms with van der Waals surface area (Å²) in [6.45, 7) is 3.45. The van der Waals surface area contributed by atoms with Crippen molar-refractivity contribution in [1.82, 2.24) is 5.32 Å². The second-order valence-corrected chi connectivity index (χ2v) is 5.75. The average molecular weight is 310 g/mol. The largest absolute Gasteiger partial charge is 0.324 e. The number of halogens is 1. The van der Waals surface area contributed by atoms with Gasteiger partial charge in [-0.2, -0.15) is 0 Å². The first-order chi connectivity index (χ1) is 10.0. The number of hydrogen-bond donors (Lipinski definition) is 3. The fourth-order valence-electron chi connectivity index (χ4n) is 2.43. The van der Waals surface area contributed by atoms with Crippen LogP contribution in [0.5, 0.6) is 0 Å². The monoisotopic (exact) mass is 309 g/mol. The summed E-state index contributed by atoms with van der Waals surface area (Å²) in [5.74, 6) is 0.330. The fourth-order valence-corrected chi connectivity index (χ4v) is 2.60. The Morgan fingerprint density at radius 1 is 1.33 bits per heavy atom. The highest BCUT2D eigenvalue weighted by atomic mass is 35.5. The number of hydrogen-bond acceptors (Lipinski definition) is 3. The Hall–Kier alpha value is -1.59. The minimum absolute atomic E-state index is 0.0455. The predicted octanol–water partition coefficient (Wildman–Crippen LogP) is 2.63. The van der Waals surface area contributed by atoms with Gasteiger partial charge in [-0.3, -0.25) is 9.59 Å². The van der Waals surface area contributed by atoms with E-state index in [9.17, 15) is 9.59 Å². The van der Waals surface area contributed by atoms with E-state index in [2.05, 4.69) is 16.0 Å². The van der Waals surface area contributed by atoms with Crippen LogP contribution in [0.3, 0.4) is 0 Å². The van der Waals surface area contributed by atoms with Crippen molar-refractivity contribution in [2.45, 2.75) is 26.2 Å². The smallest absolute Gasteiger partial charge is 0.224 e. The molecule has 2 amide bonds. The molecule has 5 nitrogen and oxygen atoms in total. The zero-order valence-corrected chi connectivity index (χ0v) is 12.8. The van der Waals surface area contributed by atoms with Gasteiger partial charge in [0.25, 0.3) is 0 Å². The molecule has 0 bridgehead atoms. The number of carbonyl (C=O) groups is 2. The molecule has 1 atom stereocenters. The summed E-state index contributed by atoms with van der Waals surface area (Å²) in [5.41, 5.74) is 1.09. The maximum absolute atomic E-state index is 12.0. The van der Waals surface area contributed by atoms with E-state index >= 15 is 0 Å². The summed E-state index contributed by atoms with van der Waals surface area (Å²) in [4.78, 5) is 23.2. The molecule has 0 radical (unpaired) electrons. The van der Waals surface area contributed by atoms with Crippen molar-refractivity contribution in [1.29, 1.82) is 0 Å². The Kier molecular flexibility index (Phi) is 5.59. The van der Waals surface area contributed by atoms with Crippen LogP contribution in [0.1, 0.15) is 26.2 Å². The molecule has 1 fully saturated rings. The molecule has 1 aromatic rings. The van der Waals surface area contributed by atoms with Gasteiger partial charge >= 0.3 is 0 Å². The Labute approximate surface area is 129 Å². The average Bonchev–Trinajstić information content (AvgIpc) is 2.92. The first-order valence-electron chi connectivity index (χ1n) is 7.12. The second-order valence-electron chi connectivity index (χ2n) is 5.32. The number of anilines is 2. The van der Waals surface area contributed by atoms with Gasteiger partial charge in [0, 0.05) is 18.4 Å². The molecular weight excluding hydrogens is 290 g/mol. The number of benzene rings is 1. The lowest BCUT2D eigenvalue weighted by molar-refractivity contribution is -0.116. The van der Waals surface area contributed by atoms with Gasteiger partial charge in [0.1, 0.15) is 0 Å². The van der Waals surface area contributed by atoms with E-state index in [-0.39, 0.29) is 11.8 Å². The normalized spacial score (nSPS) is 17.5. The lowest BCUT2D eigenvalue weighted by atomic mass is 10.0. The van der Waals surface area contributed by atoms with Crippen molar-refractivity contribution < 1.29 is 9.59 Å². The summed E-state index contributed by atoms with van der Waals surface area (Å²) in [6, 6.07) is 5.01. The number of carbonyl (C=O) groups excluding carboxylic acids is 2. The van der Waals surface area contributed by atoms with Crippen LogP contribution in [0.25, 0.3) is 0 Å². The zero-order chi connectivity index (χ0) is 15.2. The Morgan fingerprint density at radius 2 is 2.14 bits per heavy atom. The molecule has 1 heterocycles. The van der Waals surface area contributed by atoms with E-state index in [0.29, 0.717) is 28.7 Å². The van der Waals surface area contributed by atoms with E-state index in [1.165, 1.54) is 6.92 Å². The van der Waals surface area contributed by atoms with Gasteiger partial charge < -0.3 is 16.0 Å². The van der Waals surface area contributed by atoms with E-state index in [0.717, 1.165) is 25.9 Å². The van der Waals surface area contributed by atoms with E-state index < -0.39 is 0 Å². The fraction of sp³-hybridized carbons (Fsp3) is 0.467. The highest BCUT2D eigenvalue weighted by Crippen LogP contribution is 2.26. The molecule has 0 saturated carbocycles. The highest BCUT2D eigenvalue weighted by Gasteiger charge is 2.16. The molecule has 114 valence electrons. The van der Waals surface area contributed by atoms with Crippen molar-refractivity contribution >= 4 is 34.8 Å². The number of nitrogens with one attached hydrogen (secondary N) is 3. The molecular formula is C15H20ClN3O2. The summed E-state index contributed by atoms with van der Waals surface area (Å²) < 4.78 is 0.